The number of hydrogen-bond acceptors (Lipinski definition) is 7. The molecule has 0 aliphatic carbocycles. The van der Waals surface area contributed by atoms with Gasteiger partial charge in [0.25, 0.3) is 5.91 Å². The maximum Gasteiger partial charge on any atom is 0.326 e. The molecule has 5 atom stereocenters. The second-order valence-electron chi connectivity index (χ2n) is 6.93. The van der Waals surface area contributed by atoms with Gasteiger partial charge in [-0.2, -0.15) is 0 Å². The average Bonchev–Trinajstić information content (AvgIpc) is 3.12. The minimum absolute atomic E-state index is 0.140. The Morgan fingerprint density at radius 2 is 1.76 bits per heavy atom. The van der Waals surface area contributed by atoms with E-state index in [1.54, 1.807) is 18.2 Å². The van der Waals surface area contributed by atoms with E-state index < -0.39 is 53.6 Å². The number of amides is 1. The molecule has 1 amide bonds. The van der Waals surface area contributed by atoms with Gasteiger partial charge in [0.2, 0.25) is 0 Å². The van der Waals surface area contributed by atoms with Crippen LogP contribution in [0.1, 0.15) is 29.6 Å². The van der Waals surface area contributed by atoms with Gasteiger partial charge in [0.1, 0.15) is 23.7 Å². The molecule has 1 fully saturated rings. The van der Waals surface area contributed by atoms with E-state index in [0.717, 1.165) is 0 Å². The number of carboxylic acid groups (broad SMARTS) is 3. The first-order valence-electron chi connectivity index (χ1n) is 8.84. The Morgan fingerprint density at radius 3 is 2.28 bits per heavy atom. The number of aliphatic hydroxyl groups excluding tert-OH is 1. The second-order valence-corrected chi connectivity index (χ2v) is 6.93. The van der Waals surface area contributed by atoms with Crippen molar-refractivity contribution in [3.05, 3.63) is 35.9 Å². The number of hydrogen-bond donors (Lipinski definition) is 7. The van der Waals surface area contributed by atoms with Crippen molar-refractivity contribution in [2.24, 2.45) is 5.73 Å². The highest BCUT2D eigenvalue weighted by atomic mass is 16.4. The average molecular weight is 409 g/mol. The second kappa shape index (κ2) is 8.99. The number of carboxylic acids is 3. The van der Waals surface area contributed by atoms with Gasteiger partial charge < -0.3 is 31.5 Å². The minimum atomic E-state index is -2.03. The summed E-state index contributed by atoms with van der Waals surface area (Å²) in [5, 5.41) is 43.2. The van der Waals surface area contributed by atoms with Gasteiger partial charge in [-0.3, -0.25) is 19.7 Å². The van der Waals surface area contributed by atoms with Crippen LogP contribution in [0.2, 0.25) is 0 Å². The monoisotopic (exact) mass is 409 g/mol. The van der Waals surface area contributed by atoms with Crippen molar-refractivity contribution < 1.29 is 39.6 Å². The fourth-order valence-electron chi connectivity index (χ4n) is 3.39. The van der Waals surface area contributed by atoms with Gasteiger partial charge in [-0.1, -0.05) is 18.2 Å². The van der Waals surface area contributed by atoms with Gasteiger partial charge >= 0.3 is 17.9 Å². The van der Waals surface area contributed by atoms with Crippen LogP contribution in [-0.4, -0.2) is 74.0 Å². The van der Waals surface area contributed by atoms with E-state index in [4.69, 9.17) is 10.8 Å². The Labute approximate surface area is 165 Å². The summed E-state index contributed by atoms with van der Waals surface area (Å²) in [6, 6.07) is 4.10. The molecule has 8 N–H and O–H groups in total. The summed E-state index contributed by atoms with van der Waals surface area (Å²) >= 11 is 0. The first kappa shape index (κ1) is 22.3. The molecule has 1 aromatic carbocycles. The van der Waals surface area contributed by atoms with Crippen LogP contribution in [0.15, 0.2) is 30.3 Å². The quantitative estimate of drug-likeness (QED) is 0.255. The Hall–Kier alpha value is -3.02. The summed E-state index contributed by atoms with van der Waals surface area (Å²) < 4.78 is 0. The SMILES string of the molecule is N[C@@H](C(=O)O)[C@H](O)[C@@]1(C(=O)O)CC[C@H](C[C@@H](NC(=O)c2ccccc2)C(=O)O)N1. The molecule has 1 saturated heterocycles. The first-order valence-corrected chi connectivity index (χ1v) is 8.84. The van der Waals surface area contributed by atoms with E-state index in [0.29, 0.717) is 0 Å². The van der Waals surface area contributed by atoms with Gasteiger partial charge in [0.15, 0.2) is 0 Å². The third kappa shape index (κ3) is 4.88. The summed E-state index contributed by atoms with van der Waals surface area (Å²) in [4.78, 5) is 46.6. The maximum atomic E-state index is 12.2. The summed E-state index contributed by atoms with van der Waals surface area (Å²) in [6.45, 7) is 0. The third-order valence-electron chi connectivity index (χ3n) is 5.02. The molecule has 0 saturated carbocycles. The van der Waals surface area contributed by atoms with Crippen molar-refractivity contribution in [1.29, 1.82) is 0 Å². The molecule has 1 aromatic rings. The van der Waals surface area contributed by atoms with Crippen LogP contribution >= 0.6 is 0 Å². The van der Waals surface area contributed by atoms with E-state index in [1.165, 1.54) is 12.1 Å². The molecule has 29 heavy (non-hydrogen) atoms. The van der Waals surface area contributed by atoms with Crippen LogP contribution in [0.25, 0.3) is 0 Å². The highest BCUT2D eigenvalue weighted by Crippen LogP contribution is 2.30. The predicted octanol–water partition coefficient (Wildman–Crippen LogP) is -1.39. The molecule has 0 unspecified atom stereocenters. The van der Waals surface area contributed by atoms with Crippen molar-refractivity contribution in [2.75, 3.05) is 0 Å². The van der Waals surface area contributed by atoms with Crippen molar-refractivity contribution in [3.8, 4) is 0 Å². The van der Waals surface area contributed by atoms with E-state index >= 15 is 0 Å². The number of rotatable bonds is 9. The lowest BCUT2D eigenvalue weighted by atomic mass is 9.86. The van der Waals surface area contributed by atoms with E-state index in [-0.39, 0.29) is 24.8 Å². The van der Waals surface area contributed by atoms with Gasteiger partial charge in [-0.25, -0.2) is 4.79 Å². The Bertz CT molecular complexity index is 787. The van der Waals surface area contributed by atoms with Crippen LogP contribution in [0, 0.1) is 0 Å². The summed E-state index contributed by atoms with van der Waals surface area (Å²) in [5.74, 6) is -4.98. The number of nitrogens with one attached hydrogen (secondary N) is 2. The molecule has 1 heterocycles. The third-order valence-corrected chi connectivity index (χ3v) is 5.02. The van der Waals surface area contributed by atoms with Gasteiger partial charge in [0, 0.05) is 11.6 Å². The topological polar surface area (TPSA) is 199 Å². The lowest BCUT2D eigenvalue weighted by Gasteiger charge is -2.33. The minimum Gasteiger partial charge on any atom is -0.480 e. The predicted molar refractivity (Wildman–Crippen MR) is 98.1 cm³/mol. The fourth-order valence-corrected chi connectivity index (χ4v) is 3.39. The number of nitrogens with two attached hydrogens (primary N) is 1. The van der Waals surface area contributed by atoms with Gasteiger partial charge in [-0.05, 0) is 31.4 Å². The highest BCUT2D eigenvalue weighted by Gasteiger charge is 2.54. The Kier molecular flexibility index (Phi) is 6.90. The molecule has 0 aromatic heterocycles. The molecule has 0 spiro atoms. The van der Waals surface area contributed by atoms with Gasteiger partial charge in [-0.15, -0.1) is 0 Å². The number of aliphatic hydroxyl groups is 1. The van der Waals surface area contributed by atoms with Crippen molar-refractivity contribution >= 4 is 23.8 Å². The zero-order valence-corrected chi connectivity index (χ0v) is 15.3. The molecule has 1 aliphatic heterocycles. The lowest BCUT2D eigenvalue weighted by Crippen LogP contribution is -2.65. The van der Waals surface area contributed by atoms with Gasteiger partial charge in [0.05, 0.1) is 0 Å². The molecule has 158 valence electrons. The van der Waals surface area contributed by atoms with Crippen LogP contribution in [0.5, 0.6) is 0 Å². The van der Waals surface area contributed by atoms with E-state index in [9.17, 15) is 34.5 Å². The Morgan fingerprint density at radius 1 is 1.14 bits per heavy atom. The number of carbonyl (C=O) groups excluding carboxylic acids is 1. The molecular formula is C18H23N3O8. The normalized spacial score (nSPS) is 24.3. The molecule has 11 heteroatoms. The molecular weight excluding hydrogens is 386 g/mol. The van der Waals surface area contributed by atoms with Crippen LogP contribution in [0.4, 0.5) is 0 Å². The van der Waals surface area contributed by atoms with Crippen molar-refractivity contribution in [3.63, 3.8) is 0 Å². The molecule has 2 rings (SSSR count). The van der Waals surface area contributed by atoms with Crippen LogP contribution in [0.3, 0.4) is 0 Å². The van der Waals surface area contributed by atoms with Crippen molar-refractivity contribution in [2.45, 2.75) is 49.0 Å². The number of carbonyl (C=O) groups is 4. The van der Waals surface area contributed by atoms with Crippen molar-refractivity contribution in [1.82, 2.24) is 10.6 Å². The molecule has 0 bridgehead atoms. The number of benzene rings is 1. The zero-order chi connectivity index (χ0) is 21.8. The summed E-state index contributed by atoms with van der Waals surface area (Å²) in [5.41, 5.74) is 3.62. The first-order chi connectivity index (χ1) is 13.6. The standard InChI is InChI=1S/C18H23N3O8/c19-12(16(26)27)13(22)18(17(28)29)7-6-10(21-18)8-11(15(24)25)20-14(23)9-4-2-1-3-5-9/h1-5,10-13,21-22H,6-8,19H2,(H,20,23)(H,24,25)(H,26,27)(H,28,29)/t10-,11-,12-,13+,18-/m1/s1. The zero-order valence-electron chi connectivity index (χ0n) is 15.3. The molecule has 1 aliphatic rings. The highest BCUT2D eigenvalue weighted by molar-refractivity contribution is 5.96. The maximum absolute atomic E-state index is 12.2. The van der Waals surface area contributed by atoms with Crippen LogP contribution < -0.4 is 16.4 Å². The van der Waals surface area contributed by atoms with E-state index in [1.807, 2.05) is 0 Å². The largest absolute Gasteiger partial charge is 0.480 e. The number of aliphatic carboxylic acids is 3. The van der Waals surface area contributed by atoms with E-state index in [2.05, 4.69) is 10.6 Å². The fraction of sp³-hybridized carbons (Fsp3) is 0.444. The molecule has 11 nitrogen and oxygen atoms in total. The lowest BCUT2D eigenvalue weighted by molar-refractivity contribution is -0.153. The van der Waals surface area contributed by atoms with Crippen LogP contribution in [-0.2, 0) is 14.4 Å². The summed E-state index contributed by atoms with van der Waals surface area (Å²) in [6.07, 6.45) is -2.13. The smallest absolute Gasteiger partial charge is 0.326 e. The Balaban J connectivity index is 2.11. The molecule has 0 radical (unpaired) electrons. The summed E-state index contributed by atoms with van der Waals surface area (Å²) in [7, 11) is 0.